The van der Waals surface area contributed by atoms with E-state index in [1.54, 1.807) is 6.07 Å². The molecule has 0 spiro atoms. The lowest BCUT2D eigenvalue weighted by Crippen LogP contribution is -2.38. The van der Waals surface area contributed by atoms with Crippen molar-refractivity contribution in [3.05, 3.63) is 48.2 Å². The molecule has 0 atom stereocenters. The van der Waals surface area contributed by atoms with E-state index in [1.807, 2.05) is 25.1 Å². The van der Waals surface area contributed by atoms with E-state index in [0.29, 0.717) is 44.5 Å². The molecular weight excluding hydrogens is 507 g/mol. The molecule has 202 valence electrons. The lowest BCUT2D eigenvalue weighted by atomic mass is 10.1. The number of aromatic nitrogens is 1. The van der Waals surface area contributed by atoms with Gasteiger partial charge in [0.15, 0.2) is 5.76 Å². The van der Waals surface area contributed by atoms with Crippen LogP contribution < -0.4 is 25.0 Å². The molecule has 3 aromatic rings. The lowest BCUT2D eigenvalue weighted by Gasteiger charge is -2.26. The molecule has 2 fully saturated rings. The van der Waals surface area contributed by atoms with E-state index in [2.05, 4.69) is 25.3 Å². The second kappa shape index (κ2) is 10.8. The van der Waals surface area contributed by atoms with Crippen LogP contribution >= 0.6 is 0 Å². The number of oxazole rings is 1. The number of anilines is 3. The van der Waals surface area contributed by atoms with Gasteiger partial charge in [0.05, 0.1) is 19.4 Å². The van der Waals surface area contributed by atoms with Gasteiger partial charge in [0.1, 0.15) is 18.2 Å². The number of morpholine rings is 1. The van der Waals surface area contributed by atoms with Crippen molar-refractivity contribution in [2.75, 3.05) is 56.3 Å². The SMILES string of the molecule is Cc1ccc(OCN2CCOCC2)cc1Nc1ncc(-c2cc(OC(F)(F)F)cc(N3CCNC3=O)c2)o1. The first-order chi connectivity index (χ1) is 18.2. The zero-order chi connectivity index (χ0) is 26.7. The number of carbonyl (C=O) groups excluding carboxylic acids is 1. The van der Waals surface area contributed by atoms with E-state index in [-0.39, 0.29) is 23.0 Å². The Hall–Kier alpha value is -3.97. The van der Waals surface area contributed by atoms with Gasteiger partial charge >= 0.3 is 12.4 Å². The number of ether oxygens (including phenoxy) is 3. The standard InChI is InChI=1S/C25H26F3N5O5/c1-16-2-3-19(36-15-32-6-8-35-9-7-32)13-21(16)31-23-30-14-22(37-23)17-10-18(33-5-4-29-24(33)34)12-20(11-17)38-25(26,27)28/h2-3,10-14H,4-9,15H2,1H3,(H,29,34)(H,30,31). The molecule has 2 aliphatic heterocycles. The maximum Gasteiger partial charge on any atom is 0.573 e. The second-order valence-corrected chi connectivity index (χ2v) is 8.78. The van der Waals surface area contributed by atoms with Gasteiger partial charge in [-0.15, -0.1) is 13.2 Å². The van der Waals surface area contributed by atoms with Gasteiger partial charge in [0.2, 0.25) is 0 Å². The van der Waals surface area contributed by atoms with Crippen LogP contribution in [0.5, 0.6) is 11.5 Å². The number of halogens is 3. The number of amides is 2. The van der Waals surface area contributed by atoms with E-state index in [4.69, 9.17) is 13.9 Å². The third-order valence-electron chi connectivity index (χ3n) is 6.05. The minimum atomic E-state index is -4.90. The predicted octanol–water partition coefficient (Wildman–Crippen LogP) is 4.49. The molecule has 10 nitrogen and oxygen atoms in total. The zero-order valence-corrected chi connectivity index (χ0v) is 20.5. The van der Waals surface area contributed by atoms with Gasteiger partial charge < -0.3 is 29.3 Å². The smallest absolute Gasteiger partial charge is 0.478 e. The number of hydrogen-bond acceptors (Lipinski definition) is 8. The Balaban J connectivity index is 1.34. The molecule has 38 heavy (non-hydrogen) atoms. The van der Waals surface area contributed by atoms with Gasteiger partial charge in [-0.05, 0) is 30.7 Å². The Morgan fingerprint density at radius 3 is 2.66 bits per heavy atom. The zero-order valence-electron chi connectivity index (χ0n) is 20.5. The largest absolute Gasteiger partial charge is 0.573 e. The van der Waals surface area contributed by atoms with E-state index in [1.165, 1.54) is 17.2 Å². The molecule has 0 saturated carbocycles. The number of alkyl halides is 3. The maximum absolute atomic E-state index is 13.0. The molecule has 13 heteroatoms. The molecule has 0 aliphatic carbocycles. The molecule has 3 heterocycles. The van der Waals surface area contributed by atoms with E-state index < -0.39 is 18.1 Å². The third kappa shape index (κ3) is 6.29. The number of carbonyl (C=O) groups is 1. The molecule has 0 bridgehead atoms. The summed E-state index contributed by atoms with van der Waals surface area (Å²) in [7, 11) is 0. The average molecular weight is 534 g/mol. The lowest BCUT2D eigenvalue weighted by molar-refractivity contribution is -0.274. The van der Waals surface area contributed by atoms with Gasteiger partial charge in [-0.3, -0.25) is 9.80 Å². The molecule has 0 radical (unpaired) electrons. The summed E-state index contributed by atoms with van der Waals surface area (Å²) in [5.74, 6) is 0.372. The molecule has 2 N–H and O–H groups in total. The maximum atomic E-state index is 13.0. The van der Waals surface area contributed by atoms with Crippen LogP contribution in [0.1, 0.15) is 5.56 Å². The van der Waals surface area contributed by atoms with Gasteiger partial charge in [-0.2, -0.15) is 0 Å². The minimum Gasteiger partial charge on any atom is -0.478 e. The fraction of sp³-hybridized carbons (Fsp3) is 0.360. The van der Waals surface area contributed by atoms with Gasteiger partial charge in [0.25, 0.3) is 6.01 Å². The van der Waals surface area contributed by atoms with E-state index >= 15 is 0 Å². The number of nitrogens with one attached hydrogen (secondary N) is 2. The summed E-state index contributed by atoms with van der Waals surface area (Å²) in [6.07, 6.45) is -3.51. The van der Waals surface area contributed by atoms with Gasteiger partial charge in [-0.25, -0.2) is 9.78 Å². The van der Waals surface area contributed by atoms with Crippen LogP contribution in [0.2, 0.25) is 0 Å². The Morgan fingerprint density at radius 1 is 1.11 bits per heavy atom. The van der Waals surface area contributed by atoms with Crippen molar-refractivity contribution in [1.29, 1.82) is 0 Å². The van der Waals surface area contributed by atoms with Crippen molar-refractivity contribution in [1.82, 2.24) is 15.2 Å². The molecule has 0 unspecified atom stereocenters. The van der Waals surface area contributed by atoms with Gasteiger partial charge in [0, 0.05) is 55.2 Å². The summed E-state index contributed by atoms with van der Waals surface area (Å²) in [4.78, 5) is 19.8. The van der Waals surface area contributed by atoms with Crippen molar-refractivity contribution in [2.45, 2.75) is 13.3 Å². The van der Waals surface area contributed by atoms with Crippen LogP contribution in [0, 0.1) is 6.92 Å². The quantitative estimate of drug-likeness (QED) is 0.437. The first-order valence-corrected chi connectivity index (χ1v) is 12.0. The highest BCUT2D eigenvalue weighted by Gasteiger charge is 2.32. The number of hydrogen-bond donors (Lipinski definition) is 2. The monoisotopic (exact) mass is 533 g/mol. The van der Waals surface area contributed by atoms with Crippen molar-refractivity contribution >= 4 is 23.4 Å². The molecule has 5 rings (SSSR count). The van der Waals surface area contributed by atoms with E-state index in [0.717, 1.165) is 24.7 Å². The minimum absolute atomic E-state index is 0.135. The number of urea groups is 1. The molecule has 2 aliphatic rings. The fourth-order valence-corrected chi connectivity index (χ4v) is 4.09. The van der Waals surface area contributed by atoms with Crippen LogP contribution in [-0.4, -0.2) is 68.4 Å². The summed E-state index contributed by atoms with van der Waals surface area (Å²) in [6, 6.07) is 9.19. The second-order valence-electron chi connectivity index (χ2n) is 8.78. The summed E-state index contributed by atoms with van der Waals surface area (Å²) < 4.78 is 60.1. The highest BCUT2D eigenvalue weighted by Crippen LogP contribution is 2.35. The topological polar surface area (TPSA) is 101 Å². The van der Waals surface area contributed by atoms with Crippen molar-refractivity contribution in [2.24, 2.45) is 0 Å². The normalized spacial score (nSPS) is 16.4. The van der Waals surface area contributed by atoms with Crippen LogP contribution in [0.25, 0.3) is 11.3 Å². The average Bonchev–Trinajstić information content (AvgIpc) is 3.53. The number of aryl methyl sites for hydroxylation is 1. The summed E-state index contributed by atoms with van der Waals surface area (Å²) in [5.41, 5.74) is 2.11. The summed E-state index contributed by atoms with van der Waals surface area (Å²) in [6.45, 7) is 5.98. The van der Waals surface area contributed by atoms with Crippen LogP contribution in [-0.2, 0) is 4.74 Å². The van der Waals surface area contributed by atoms with Crippen LogP contribution in [0.15, 0.2) is 47.0 Å². The van der Waals surface area contributed by atoms with Gasteiger partial charge in [-0.1, -0.05) is 6.07 Å². The van der Waals surface area contributed by atoms with Crippen LogP contribution in [0.3, 0.4) is 0 Å². The third-order valence-corrected chi connectivity index (χ3v) is 6.05. The molecular formula is C25H26F3N5O5. The molecule has 2 amide bonds. The van der Waals surface area contributed by atoms with Crippen molar-refractivity contribution in [3.8, 4) is 22.8 Å². The van der Waals surface area contributed by atoms with E-state index in [9.17, 15) is 18.0 Å². The Bertz CT molecular complexity index is 1290. The summed E-state index contributed by atoms with van der Waals surface area (Å²) in [5, 5.41) is 5.72. The number of rotatable bonds is 8. The molecule has 2 aromatic carbocycles. The Morgan fingerprint density at radius 2 is 1.92 bits per heavy atom. The number of nitrogens with zero attached hydrogens (tertiary/aromatic N) is 3. The highest BCUT2D eigenvalue weighted by atomic mass is 19.4. The molecule has 1 aromatic heterocycles. The predicted molar refractivity (Wildman–Crippen MR) is 132 cm³/mol. The van der Waals surface area contributed by atoms with Crippen LogP contribution in [0.4, 0.5) is 35.4 Å². The highest BCUT2D eigenvalue weighted by molar-refractivity contribution is 5.95. The van der Waals surface area contributed by atoms with Crippen molar-refractivity contribution in [3.63, 3.8) is 0 Å². The molecule has 2 saturated heterocycles. The Kier molecular flexibility index (Phi) is 7.29. The Labute approximate surface area is 216 Å². The van der Waals surface area contributed by atoms with Crippen molar-refractivity contribution < 1.29 is 36.6 Å². The number of benzene rings is 2. The first kappa shape index (κ1) is 25.7. The fourth-order valence-electron chi connectivity index (χ4n) is 4.09. The first-order valence-electron chi connectivity index (χ1n) is 12.0. The summed E-state index contributed by atoms with van der Waals surface area (Å²) >= 11 is 0.